The molecule has 0 spiro atoms. The molecule has 90 valence electrons. The first-order valence-corrected chi connectivity index (χ1v) is 6.59. The molecule has 0 fully saturated rings. The molecular formula is C15H13NOS. The molecule has 1 heterocycles. The minimum Gasteiger partial charge on any atom is -0.384 e. The van der Waals surface area contributed by atoms with Crippen LogP contribution in [-0.2, 0) is 5.75 Å². The normalized spacial score (nSPS) is 9.61. The molecule has 1 N–H and O–H groups in total. The second-order valence-corrected chi connectivity index (χ2v) is 4.64. The topological polar surface area (TPSA) is 33.1 Å². The van der Waals surface area contributed by atoms with Gasteiger partial charge < -0.3 is 5.11 Å². The molecule has 18 heavy (non-hydrogen) atoms. The first-order valence-electron chi connectivity index (χ1n) is 5.60. The highest BCUT2D eigenvalue weighted by molar-refractivity contribution is 7.98. The Morgan fingerprint density at radius 3 is 2.67 bits per heavy atom. The zero-order valence-corrected chi connectivity index (χ0v) is 10.7. The third kappa shape index (κ3) is 3.63. The lowest BCUT2D eigenvalue weighted by atomic mass is 10.1. The van der Waals surface area contributed by atoms with Crippen molar-refractivity contribution in [3.05, 3.63) is 59.9 Å². The van der Waals surface area contributed by atoms with Gasteiger partial charge in [0.1, 0.15) is 6.61 Å². The van der Waals surface area contributed by atoms with Crippen LogP contribution in [0.3, 0.4) is 0 Å². The van der Waals surface area contributed by atoms with Crippen LogP contribution < -0.4 is 0 Å². The van der Waals surface area contributed by atoms with E-state index in [9.17, 15) is 0 Å². The van der Waals surface area contributed by atoms with Gasteiger partial charge in [0.15, 0.2) is 0 Å². The van der Waals surface area contributed by atoms with Gasteiger partial charge in [-0.25, -0.2) is 0 Å². The molecule has 0 aliphatic carbocycles. The number of aliphatic hydroxyl groups excluding tert-OH is 1. The number of hydrogen-bond donors (Lipinski definition) is 1. The van der Waals surface area contributed by atoms with Crippen LogP contribution in [0.25, 0.3) is 0 Å². The van der Waals surface area contributed by atoms with E-state index in [1.807, 2.05) is 30.3 Å². The summed E-state index contributed by atoms with van der Waals surface area (Å²) >= 11 is 1.75. The van der Waals surface area contributed by atoms with E-state index in [4.69, 9.17) is 5.11 Å². The molecule has 0 aliphatic heterocycles. The summed E-state index contributed by atoms with van der Waals surface area (Å²) in [6.07, 6.45) is 3.58. The maximum Gasteiger partial charge on any atom is 0.104 e. The number of benzene rings is 1. The predicted octanol–water partition coefficient (Wildman–Crippen LogP) is 2.72. The van der Waals surface area contributed by atoms with Crippen molar-refractivity contribution in [2.75, 3.05) is 6.61 Å². The summed E-state index contributed by atoms with van der Waals surface area (Å²) in [6.45, 7) is -0.105. The van der Waals surface area contributed by atoms with Crippen LogP contribution in [0.15, 0.2) is 53.7 Å². The molecule has 3 heteroatoms. The smallest absolute Gasteiger partial charge is 0.104 e. The third-order valence-electron chi connectivity index (χ3n) is 2.36. The molecule has 2 nitrogen and oxygen atoms in total. The second-order valence-electron chi connectivity index (χ2n) is 3.59. The zero-order valence-electron chi connectivity index (χ0n) is 9.84. The van der Waals surface area contributed by atoms with Gasteiger partial charge in [0.2, 0.25) is 0 Å². The number of aliphatic hydroxyl groups is 1. The van der Waals surface area contributed by atoms with Gasteiger partial charge in [0.25, 0.3) is 0 Å². The number of aromatic nitrogens is 1. The molecule has 0 atom stereocenters. The zero-order chi connectivity index (χ0) is 12.6. The fraction of sp³-hybridized carbons (Fsp3) is 0.133. The summed E-state index contributed by atoms with van der Waals surface area (Å²) in [6, 6.07) is 12.0. The standard InChI is InChI=1S/C15H13NOS/c17-11-3-6-13-4-1-2-5-14(13)12-18-15-7-9-16-10-8-15/h1-2,4-5,7-10,17H,11-12H2. The largest absolute Gasteiger partial charge is 0.384 e. The molecule has 0 bridgehead atoms. The number of hydrogen-bond acceptors (Lipinski definition) is 3. The molecule has 0 amide bonds. The maximum absolute atomic E-state index is 8.74. The summed E-state index contributed by atoms with van der Waals surface area (Å²) in [5.74, 6) is 6.52. The van der Waals surface area contributed by atoms with Gasteiger partial charge in [0.05, 0.1) is 0 Å². The highest BCUT2D eigenvalue weighted by atomic mass is 32.2. The summed E-state index contributed by atoms with van der Waals surface area (Å²) in [4.78, 5) is 5.18. The Kier molecular flexibility index (Phi) is 4.83. The Labute approximate surface area is 111 Å². The molecule has 0 saturated heterocycles. The quantitative estimate of drug-likeness (QED) is 0.676. The van der Waals surface area contributed by atoms with Crippen LogP contribution in [0.2, 0.25) is 0 Å². The fourth-order valence-corrected chi connectivity index (χ4v) is 2.39. The van der Waals surface area contributed by atoms with Crippen molar-refractivity contribution < 1.29 is 5.11 Å². The molecule has 0 saturated carbocycles. The van der Waals surface area contributed by atoms with E-state index in [1.54, 1.807) is 24.2 Å². The van der Waals surface area contributed by atoms with Crippen molar-refractivity contribution >= 4 is 11.8 Å². The lowest BCUT2D eigenvalue weighted by molar-refractivity contribution is 0.350. The monoisotopic (exact) mass is 255 g/mol. The maximum atomic E-state index is 8.74. The molecule has 0 unspecified atom stereocenters. The Hall–Kier alpha value is -1.76. The Morgan fingerprint density at radius 1 is 1.11 bits per heavy atom. The van der Waals surface area contributed by atoms with Crippen LogP contribution in [0.1, 0.15) is 11.1 Å². The summed E-state index contributed by atoms with van der Waals surface area (Å²) < 4.78 is 0. The molecule has 0 radical (unpaired) electrons. The Balaban J connectivity index is 2.09. The van der Waals surface area contributed by atoms with Crippen LogP contribution in [0, 0.1) is 11.8 Å². The van der Waals surface area contributed by atoms with E-state index in [1.165, 1.54) is 10.5 Å². The number of thioether (sulfide) groups is 1. The Bertz CT molecular complexity index is 557. The van der Waals surface area contributed by atoms with Crippen molar-refractivity contribution in [1.82, 2.24) is 4.98 Å². The van der Waals surface area contributed by atoms with E-state index in [2.05, 4.69) is 22.9 Å². The molecule has 2 rings (SSSR count). The van der Waals surface area contributed by atoms with E-state index in [-0.39, 0.29) is 6.61 Å². The summed E-state index contributed by atoms with van der Waals surface area (Å²) in [7, 11) is 0. The van der Waals surface area contributed by atoms with E-state index in [0.29, 0.717) is 0 Å². The van der Waals surface area contributed by atoms with Gasteiger partial charge in [-0.3, -0.25) is 4.98 Å². The lowest BCUT2D eigenvalue weighted by Crippen LogP contribution is -1.87. The molecule has 2 aromatic rings. The number of nitrogens with zero attached hydrogens (tertiary/aromatic N) is 1. The van der Waals surface area contributed by atoms with Crippen molar-refractivity contribution in [3.63, 3.8) is 0 Å². The van der Waals surface area contributed by atoms with Gasteiger partial charge in [0, 0.05) is 28.6 Å². The summed E-state index contributed by atoms with van der Waals surface area (Å²) in [5.41, 5.74) is 2.16. The second kappa shape index (κ2) is 6.85. The molecule has 1 aromatic carbocycles. The van der Waals surface area contributed by atoms with E-state index < -0.39 is 0 Å². The fourth-order valence-electron chi connectivity index (χ4n) is 1.50. The highest BCUT2D eigenvalue weighted by Crippen LogP contribution is 2.23. The first-order chi connectivity index (χ1) is 8.90. The first kappa shape index (κ1) is 12.7. The van der Waals surface area contributed by atoms with Crippen molar-refractivity contribution in [1.29, 1.82) is 0 Å². The van der Waals surface area contributed by atoms with E-state index >= 15 is 0 Å². The van der Waals surface area contributed by atoms with Gasteiger partial charge in [-0.2, -0.15) is 0 Å². The van der Waals surface area contributed by atoms with Gasteiger partial charge in [-0.15, -0.1) is 11.8 Å². The Morgan fingerprint density at radius 2 is 1.89 bits per heavy atom. The van der Waals surface area contributed by atoms with E-state index in [0.717, 1.165) is 11.3 Å². The molecule has 1 aromatic heterocycles. The van der Waals surface area contributed by atoms with Crippen molar-refractivity contribution in [2.24, 2.45) is 0 Å². The van der Waals surface area contributed by atoms with Gasteiger partial charge in [-0.1, -0.05) is 30.0 Å². The lowest BCUT2D eigenvalue weighted by Gasteiger charge is -2.04. The van der Waals surface area contributed by atoms with Crippen LogP contribution in [0.5, 0.6) is 0 Å². The number of rotatable bonds is 3. The number of pyridine rings is 1. The van der Waals surface area contributed by atoms with Gasteiger partial charge in [-0.05, 0) is 23.8 Å². The average molecular weight is 255 g/mol. The molecule has 0 aliphatic rings. The van der Waals surface area contributed by atoms with Crippen molar-refractivity contribution in [3.8, 4) is 11.8 Å². The minimum absolute atomic E-state index is 0.105. The average Bonchev–Trinajstić information content (AvgIpc) is 2.45. The third-order valence-corrected chi connectivity index (χ3v) is 3.42. The van der Waals surface area contributed by atoms with Crippen LogP contribution in [-0.4, -0.2) is 16.7 Å². The van der Waals surface area contributed by atoms with Crippen molar-refractivity contribution in [2.45, 2.75) is 10.6 Å². The molecular weight excluding hydrogens is 242 g/mol. The van der Waals surface area contributed by atoms with Crippen LogP contribution in [0.4, 0.5) is 0 Å². The SMILES string of the molecule is OCC#Cc1ccccc1CSc1ccncc1. The summed E-state index contributed by atoms with van der Waals surface area (Å²) in [5, 5.41) is 8.74. The van der Waals surface area contributed by atoms with Gasteiger partial charge >= 0.3 is 0 Å². The predicted molar refractivity (Wildman–Crippen MR) is 74.2 cm³/mol. The minimum atomic E-state index is -0.105. The highest BCUT2D eigenvalue weighted by Gasteiger charge is 2.00. The van der Waals surface area contributed by atoms with Crippen LogP contribution >= 0.6 is 11.8 Å².